The summed E-state index contributed by atoms with van der Waals surface area (Å²) in [6, 6.07) is 0.280. The fraction of sp³-hybridized carbons (Fsp3) is 0.692. The number of hydrogen-bond donors (Lipinski definition) is 7. The lowest BCUT2D eigenvalue weighted by molar-refractivity contribution is -0.155. The van der Waals surface area contributed by atoms with E-state index in [0.29, 0.717) is 5.57 Å². The van der Waals surface area contributed by atoms with Crippen LogP contribution < -0.4 is 39.6 Å². The van der Waals surface area contributed by atoms with Gasteiger partial charge in [-0.25, -0.2) is 15.6 Å². The number of rotatable bonds is 3. The zero-order valence-electron chi connectivity index (χ0n) is 25.3. The Bertz CT molecular complexity index is 868. The zero-order chi connectivity index (χ0) is 32.1. The number of esters is 2. The standard InChI is InChI=1S/C7H12O3.C6H10N2O.C6H10O2.C5H10N2O.2CH4.2H4N2.2H2/c1-5(8)7(2,3)6(9)10-4;1-4-6(2,3)5(9)8-7-4;1-4-5(2)6(7)8-3;1-3-4(2)6-7-5(3)8;;;2*1-2;;/h1-4H3;1-3H3,(H,8,9);4H,1-3H3;3-4,6H,1-2H3,(H,7,8);2*1H4;2*1-2H2;2*1H/b;;5-4+;;;;;;;/i;;;;;;;;2*1+1. The van der Waals surface area contributed by atoms with Crippen LogP contribution in [0.4, 0.5) is 0 Å². The third kappa shape index (κ3) is 18.7. The average molecular weight is 601 g/mol. The van der Waals surface area contributed by atoms with Crippen LogP contribution in [0.1, 0.15) is 86.9 Å². The van der Waals surface area contributed by atoms with Crippen LogP contribution in [0.25, 0.3) is 0 Å². The monoisotopic (exact) mass is 600 g/mol. The van der Waals surface area contributed by atoms with Crippen molar-refractivity contribution in [3.63, 3.8) is 0 Å². The maximum absolute atomic E-state index is 10.9. The number of ether oxygens (including phenoxy) is 2. The third-order valence-corrected chi connectivity index (χ3v) is 5.90. The van der Waals surface area contributed by atoms with Crippen molar-refractivity contribution in [2.24, 2.45) is 45.2 Å². The van der Waals surface area contributed by atoms with Crippen LogP contribution >= 0.6 is 0 Å². The van der Waals surface area contributed by atoms with Gasteiger partial charge < -0.3 is 9.47 Å². The highest BCUT2D eigenvalue weighted by molar-refractivity contribution is 6.10. The molecule has 0 aromatic heterocycles. The number of hydrogen-bond acceptors (Lipinski definition) is 13. The molecule has 1 fully saturated rings. The summed E-state index contributed by atoms with van der Waals surface area (Å²) < 4.78 is 8.81. The topological polar surface area (TPSA) is 256 Å². The highest BCUT2D eigenvalue weighted by Gasteiger charge is 2.35. The van der Waals surface area contributed by atoms with Crippen molar-refractivity contribution in [3.8, 4) is 0 Å². The van der Waals surface area contributed by atoms with Gasteiger partial charge >= 0.3 is 11.9 Å². The Morgan fingerprint density at radius 1 is 1.00 bits per heavy atom. The van der Waals surface area contributed by atoms with E-state index < -0.39 is 11.4 Å². The van der Waals surface area contributed by atoms with Crippen LogP contribution in [0.3, 0.4) is 0 Å². The van der Waals surface area contributed by atoms with Crippen molar-refractivity contribution >= 4 is 35.2 Å². The van der Waals surface area contributed by atoms with Crippen LogP contribution in [0.5, 0.6) is 0 Å². The zero-order valence-corrected chi connectivity index (χ0v) is 25.3. The predicted octanol–water partition coefficient (Wildman–Crippen LogP) is 1.47. The highest BCUT2D eigenvalue weighted by atomic mass is 16.5. The molecule has 248 valence electrons. The molecule has 2 rings (SSSR count). The number of allylic oxidation sites excluding steroid dienone is 1. The molecule has 0 bridgehead atoms. The smallest absolute Gasteiger partial charge is 0.333 e. The summed E-state index contributed by atoms with van der Waals surface area (Å²) in [4.78, 5) is 53.5. The van der Waals surface area contributed by atoms with Gasteiger partial charge in [0.2, 0.25) is 5.91 Å². The molecule has 0 saturated carbocycles. The average Bonchev–Trinajstić information content (AvgIpc) is 3.35. The molecule has 2 unspecified atom stereocenters. The molecule has 0 aromatic rings. The van der Waals surface area contributed by atoms with Gasteiger partial charge in [0.15, 0.2) is 0 Å². The largest absolute Gasteiger partial charge is 0.468 e. The van der Waals surface area contributed by atoms with E-state index >= 15 is 0 Å². The normalized spacial score (nSPS) is 17.6. The van der Waals surface area contributed by atoms with Gasteiger partial charge in [-0.15, -0.1) is 0 Å². The summed E-state index contributed by atoms with van der Waals surface area (Å²) in [6.07, 6.45) is 1.71. The first kappa shape index (κ1) is 50.6. The van der Waals surface area contributed by atoms with Gasteiger partial charge in [0, 0.05) is 14.5 Å². The number of carbonyl (C=O) groups excluding carboxylic acids is 5. The maximum atomic E-state index is 10.9. The van der Waals surface area contributed by atoms with Crippen LogP contribution in [-0.4, -0.2) is 55.5 Å². The molecule has 0 aromatic carbocycles. The van der Waals surface area contributed by atoms with Crippen molar-refractivity contribution in [1.29, 1.82) is 0 Å². The number of nitrogens with zero attached hydrogens (tertiary/aromatic N) is 1. The third-order valence-electron chi connectivity index (χ3n) is 5.90. The summed E-state index contributed by atoms with van der Waals surface area (Å²) in [5, 5.41) is 3.79. The molecule has 0 spiro atoms. The van der Waals surface area contributed by atoms with Crippen LogP contribution in [0, 0.1) is 16.7 Å². The SMILES string of the molecule is C.C.C/C=C(\C)C(=O)OC.CC1=NNC(=O)C1(C)C.CC1NNC(=O)C1C.COC(=O)C(C)(C)C(C)=O.NN.NN.[2HH].[2HH]. The molecule has 2 aliphatic heterocycles. The van der Waals surface area contributed by atoms with E-state index in [1.165, 1.54) is 21.1 Å². The molecule has 2 heterocycles. The lowest BCUT2D eigenvalue weighted by atomic mass is 9.89. The van der Waals surface area contributed by atoms with Crippen molar-refractivity contribution in [3.05, 3.63) is 11.6 Å². The van der Waals surface area contributed by atoms with Gasteiger partial charge in [-0.2, -0.15) is 5.10 Å². The van der Waals surface area contributed by atoms with E-state index in [4.69, 9.17) is 0 Å². The Morgan fingerprint density at radius 2 is 1.44 bits per heavy atom. The van der Waals surface area contributed by atoms with E-state index in [2.05, 4.69) is 54.2 Å². The van der Waals surface area contributed by atoms with Crippen molar-refractivity contribution in [1.82, 2.24) is 16.3 Å². The van der Waals surface area contributed by atoms with Crippen LogP contribution in [0.2, 0.25) is 0 Å². The van der Waals surface area contributed by atoms with E-state index in [1.807, 2.05) is 34.6 Å². The van der Waals surface area contributed by atoms with Crippen molar-refractivity contribution in [2.75, 3.05) is 14.2 Å². The number of ketones is 1. The van der Waals surface area contributed by atoms with Gasteiger partial charge in [-0.3, -0.25) is 48.0 Å². The van der Waals surface area contributed by atoms with E-state index in [9.17, 15) is 24.0 Å². The second-order valence-corrected chi connectivity index (χ2v) is 9.11. The number of carbonyl (C=O) groups is 5. The van der Waals surface area contributed by atoms with Crippen molar-refractivity contribution in [2.45, 2.75) is 90.1 Å². The van der Waals surface area contributed by atoms with Gasteiger partial charge in [0.1, 0.15) is 11.2 Å². The minimum absolute atomic E-state index is 0. The van der Waals surface area contributed by atoms with Gasteiger partial charge in [0.05, 0.1) is 31.3 Å². The molecular formula is C26H62N8O7. The first-order chi connectivity index (χ1) is 17.9. The number of hydrazone groups is 1. The minimum Gasteiger partial charge on any atom is -0.468 e. The fourth-order valence-electron chi connectivity index (χ4n) is 1.91. The van der Waals surface area contributed by atoms with E-state index in [1.54, 1.807) is 33.8 Å². The number of nitrogens with one attached hydrogen (secondary N) is 3. The molecule has 15 heteroatoms. The quantitative estimate of drug-likeness (QED) is 0.0798. The van der Waals surface area contributed by atoms with Crippen LogP contribution in [0.15, 0.2) is 16.8 Å². The predicted molar refractivity (Wildman–Crippen MR) is 167 cm³/mol. The second-order valence-electron chi connectivity index (χ2n) is 9.11. The highest BCUT2D eigenvalue weighted by Crippen LogP contribution is 2.21. The minimum atomic E-state index is -0.991. The number of hydrazine groups is 3. The van der Waals surface area contributed by atoms with E-state index in [-0.39, 0.29) is 58.6 Å². The van der Waals surface area contributed by atoms with E-state index in [0.717, 1.165) is 5.71 Å². The van der Waals surface area contributed by atoms with Crippen molar-refractivity contribution < 1.29 is 36.3 Å². The summed E-state index contributed by atoms with van der Waals surface area (Å²) in [6.45, 7) is 17.4. The van der Waals surface area contributed by atoms with Gasteiger partial charge in [0.25, 0.3) is 5.91 Å². The first-order valence-corrected chi connectivity index (χ1v) is 11.8. The number of Topliss-reactive ketones (excluding diaryl/α,β-unsaturated/α-hetero) is 1. The number of methoxy groups -OCH3 is 2. The Hall–Kier alpha value is -3.24. The summed E-state index contributed by atoms with van der Waals surface area (Å²) in [7, 11) is 2.64. The first-order valence-electron chi connectivity index (χ1n) is 11.8. The molecular weight excluding hydrogens is 536 g/mol. The number of amides is 2. The Kier molecular flexibility index (Phi) is 31.7. The van der Waals surface area contributed by atoms with Gasteiger partial charge in [-0.1, -0.05) is 27.9 Å². The molecule has 15 nitrogen and oxygen atoms in total. The van der Waals surface area contributed by atoms with Gasteiger partial charge in [-0.05, 0) is 62.3 Å². The Morgan fingerprint density at radius 3 is 1.54 bits per heavy atom. The summed E-state index contributed by atoms with van der Waals surface area (Å²) in [5.74, 6) is 15.3. The summed E-state index contributed by atoms with van der Waals surface area (Å²) >= 11 is 0. The summed E-state index contributed by atoms with van der Waals surface area (Å²) in [5.41, 5.74) is 7.88. The second kappa shape index (κ2) is 25.7. The molecule has 2 amide bonds. The lowest BCUT2D eigenvalue weighted by Crippen LogP contribution is -2.32. The lowest BCUT2D eigenvalue weighted by Gasteiger charge is -2.16. The number of nitrogens with two attached hydrogens (primary N) is 4. The fourth-order valence-corrected chi connectivity index (χ4v) is 1.91. The molecule has 2 aliphatic rings. The molecule has 0 radical (unpaired) electrons. The molecule has 2 atom stereocenters. The molecule has 0 aliphatic carbocycles. The maximum Gasteiger partial charge on any atom is 0.333 e. The molecule has 1 saturated heterocycles. The molecule has 41 heavy (non-hydrogen) atoms. The Labute approximate surface area is 249 Å². The van der Waals surface area contributed by atoms with Crippen LogP contribution in [-0.2, 0) is 33.4 Å². The Balaban J connectivity index is -0.0000000592. The molecule has 11 N–H and O–H groups in total.